The van der Waals surface area contributed by atoms with Crippen LogP contribution in [0.4, 0.5) is 5.69 Å². The molecule has 1 aromatic carbocycles. The van der Waals surface area contributed by atoms with Gasteiger partial charge in [0.25, 0.3) is 0 Å². The highest BCUT2D eigenvalue weighted by Crippen LogP contribution is 2.05. The predicted octanol–water partition coefficient (Wildman–Crippen LogP) is 1.42. The van der Waals surface area contributed by atoms with Gasteiger partial charge < -0.3 is 11.1 Å². The van der Waals surface area contributed by atoms with Crippen molar-refractivity contribution in [3.05, 3.63) is 42.2 Å². The van der Waals surface area contributed by atoms with E-state index in [1.165, 1.54) is 6.08 Å². The number of hydrogen-bond donors (Lipinski definition) is 2. The van der Waals surface area contributed by atoms with Crippen LogP contribution in [0, 0.1) is 11.3 Å². The van der Waals surface area contributed by atoms with Crippen LogP contribution in [0.2, 0.25) is 0 Å². The monoisotopic (exact) mass is 159 g/mol. The van der Waals surface area contributed by atoms with Gasteiger partial charge in [-0.25, -0.2) is 0 Å². The first-order valence-electron chi connectivity index (χ1n) is 3.50. The maximum atomic E-state index is 8.27. The Morgan fingerprint density at radius 2 is 2.08 bits per heavy atom. The molecular weight excluding hydrogens is 150 g/mol. The van der Waals surface area contributed by atoms with E-state index in [0.29, 0.717) is 5.82 Å². The van der Waals surface area contributed by atoms with Crippen molar-refractivity contribution in [1.29, 1.82) is 5.26 Å². The van der Waals surface area contributed by atoms with Crippen LogP contribution in [0.1, 0.15) is 0 Å². The molecule has 0 atom stereocenters. The first kappa shape index (κ1) is 8.15. The Morgan fingerprint density at radius 1 is 1.42 bits per heavy atom. The van der Waals surface area contributed by atoms with Crippen molar-refractivity contribution in [2.24, 2.45) is 5.73 Å². The number of anilines is 1. The van der Waals surface area contributed by atoms with Crippen molar-refractivity contribution in [2.45, 2.75) is 0 Å². The number of nitrogens with two attached hydrogens (primary N) is 1. The third kappa shape index (κ3) is 2.35. The van der Waals surface area contributed by atoms with E-state index >= 15 is 0 Å². The van der Waals surface area contributed by atoms with Crippen LogP contribution in [-0.4, -0.2) is 0 Å². The molecule has 0 spiro atoms. The van der Waals surface area contributed by atoms with Crippen molar-refractivity contribution in [3.63, 3.8) is 0 Å². The standard InChI is InChI=1S/C9H9N3/c10-7-6-9(11)12-8-4-2-1-3-5-8/h1-6,12H,11H2. The lowest BCUT2D eigenvalue weighted by Gasteiger charge is -2.03. The summed E-state index contributed by atoms with van der Waals surface area (Å²) in [7, 11) is 0. The summed E-state index contributed by atoms with van der Waals surface area (Å²) >= 11 is 0. The van der Waals surface area contributed by atoms with Crippen molar-refractivity contribution in [3.8, 4) is 6.07 Å². The number of allylic oxidation sites excluding steroid dienone is 1. The molecule has 0 aliphatic carbocycles. The summed E-state index contributed by atoms with van der Waals surface area (Å²) in [5.41, 5.74) is 6.32. The quantitative estimate of drug-likeness (QED) is 0.641. The summed E-state index contributed by atoms with van der Waals surface area (Å²) in [6, 6.07) is 11.3. The molecule has 0 fully saturated rings. The van der Waals surface area contributed by atoms with Crippen LogP contribution in [0.5, 0.6) is 0 Å². The van der Waals surface area contributed by atoms with Gasteiger partial charge in [0.1, 0.15) is 5.82 Å². The molecule has 0 aromatic heterocycles. The summed E-state index contributed by atoms with van der Waals surface area (Å²) in [5.74, 6) is 0.351. The SMILES string of the molecule is N#CC=C(N)Nc1ccccc1. The van der Waals surface area contributed by atoms with Gasteiger partial charge in [-0.2, -0.15) is 5.26 Å². The molecule has 0 amide bonds. The second-order valence-electron chi connectivity index (χ2n) is 2.22. The van der Waals surface area contributed by atoms with Crippen molar-refractivity contribution in [2.75, 3.05) is 5.32 Å². The van der Waals surface area contributed by atoms with E-state index in [9.17, 15) is 0 Å². The Morgan fingerprint density at radius 3 is 2.67 bits per heavy atom. The lowest BCUT2D eigenvalue weighted by Crippen LogP contribution is -2.08. The Kier molecular flexibility index (Phi) is 2.74. The van der Waals surface area contributed by atoms with Crippen LogP contribution in [-0.2, 0) is 0 Å². The number of hydrogen-bond acceptors (Lipinski definition) is 3. The smallest absolute Gasteiger partial charge is 0.111 e. The number of nitriles is 1. The Hall–Kier alpha value is -1.95. The summed E-state index contributed by atoms with van der Waals surface area (Å²) in [4.78, 5) is 0. The highest BCUT2D eigenvalue weighted by atomic mass is 15.0. The maximum Gasteiger partial charge on any atom is 0.111 e. The molecule has 0 saturated heterocycles. The van der Waals surface area contributed by atoms with Gasteiger partial charge in [-0.3, -0.25) is 0 Å². The van der Waals surface area contributed by atoms with Crippen LogP contribution in [0.3, 0.4) is 0 Å². The normalized spacial score (nSPS) is 10.4. The number of para-hydroxylation sites is 1. The molecular formula is C9H9N3. The molecule has 0 heterocycles. The van der Waals surface area contributed by atoms with E-state index in [-0.39, 0.29) is 0 Å². The van der Waals surface area contributed by atoms with Gasteiger partial charge in [0.05, 0.1) is 12.1 Å². The molecule has 3 nitrogen and oxygen atoms in total. The summed E-state index contributed by atoms with van der Waals surface area (Å²) in [5, 5.41) is 11.1. The zero-order valence-corrected chi connectivity index (χ0v) is 6.49. The van der Waals surface area contributed by atoms with Gasteiger partial charge in [0, 0.05) is 5.69 Å². The molecule has 0 saturated carbocycles. The topological polar surface area (TPSA) is 61.8 Å². The van der Waals surface area contributed by atoms with Gasteiger partial charge in [-0.15, -0.1) is 0 Å². The minimum Gasteiger partial charge on any atom is -0.385 e. The summed E-state index contributed by atoms with van der Waals surface area (Å²) < 4.78 is 0. The van der Waals surface area contributed by atoms with E-state index in [1.807, 2.05) is 36.4 Å². The minimum atomic E-state index is 0.351. The fraction of sp³-hybridized carbons (Fsp3) is 0. The third-order valence-corrected chi connectivity index (χ3v) is 1.28. The second kappa shape index (κ2) is 4.04. The van der Waals surface area contributed by atoms with Crippen LogP contribution in [0.25, 0.3) is 0 Å². The zero-order valence-electron chi connectivity index (χ0n) is 6.49. The number of nitrogens with zero attached hydrogens (tertiary/aromatic N) is 1. The van der Waals surface area contributed by atoms with Crippen LogP contribution >= 0.6 is 0 Å². The maximum absolute atomic E-state index is 8.27. The number of nitrogens with one attached hydrogen (secondary N) is 1. The number of rotatable bonds is 2. The lowest BCUT2D eigenvalue weighted by molar-refractivity contribution is 1.31. The van der Waals surface area contributed by atoms with Gasteiger partial charge in [0.15, 0.2) is 0 Å². The van der Waals surface area contributed by atoms with E-state index in [1.54, 1.807) is 0 Å². The largest absolute Gasteiger partial charge is 0.385 e. The van der Waals surface area contributed by atoms with E-state index < -0.39 is 0 Å². The molecule has 3 heteroatoms. The summed E-state index contributed by atoms with van der Waals surface area (Å²) in [6.45, 7) is 0. The molecule has 12 heavy (non-hydrogen) atoms. The molecule has 1 rings (SSSR count). The zero-order chi connectivity index (χ0) is 8.81. The van der Waals surface area contributed by atoms with Gasteiger partial charge in [-0.1, -0.05) is 18.2 Å². The van der Waals surface area contributed by atoms with Crippen LogP contribution < -0.4 is 11.1 Å². The van der Waals surface area contributed by atoms with E-state index in [4.69, 9.17) is 11.0 Å². The van der Waals surface area contributed by atoms with Gasteiger partial charge in [0.2, 0.25) is 0 Å². The molecule has 0 aliphatic heterocycles. The molecule has 1 aromatic rings. The minimum absolute atomic E-state index is 0.351. The number of benzene rings is 1. The van der Waals surface area contributed by atoms with Crippen molar-refractivity contribution < 1.29 is 0 Å². The molecule has 3 N–H and O–H groups in total. The Labute approximate surface area is 71.1 Å². The van der Waals surface area contributed by atoms with Gasteiger partial charge >= 0.3 is 0 Å². The van der Waals surface area contributed by atoms with E-state index in [2.05, 4.69) is 5.32 Å². The van der Waals surface area contributed by atoms with E-state index in [0.717, 1.165) is 5.69 Å². The van der Waals surface area contributed by atoms with Crippen LogP contribution in [0.15, 0.2) is 42.2 Å². The van der Waals surface area contributed by atoms with Crippen molar-refractivity contribution >= 4 is 5.69 Å². The average Bonchev–Trinajstić information content (AvgIpc) is 2.06. The second-order valence-corrected chi connectivity index (χ2v) is 2.22. The third-order valence-electron chi connectivity index (χ3n) is 1.28. The predicted molar refractivity (Wildman–Crippen MR) is 47.9 cm³/mol. The van der Waals surface area contributed by atoms with Gasteiger partial charge in [-0.05, 0) is 12.1 Å². The first-order valence-corrected chi connectivity index (χ1v) is 3.50. The van der Waals surface area contributed by atoms with Crippen molar-refractivity contribution in [1.82, 2.24) is 0 Å². The average molecular weight is 159 g/mol. The fourth-order valence-electron chi connectivity index (χ4n) is 0.794. The first-order chi connectivity index (χ1) is 5.83. The molecule has 60 valence electrons. The lowest BCUT2D eigenvalue weighted by atomic mass is 10.3. The molecule has 0 radical (unpaired) electrons. The Balaban J connectivity index is 2.66. The highest BCUT2D eigenvalue weighted by Gasteiger charge is 1.89. The Bertz CT molecular complexity index is 308. The molecule has 0 bridgehead atoms. The molecule has 0 unspecified atom stereocenters. The summed E-state index contributed by atoms with van der Waals surface area (Å²) in [6.07, 6.45) is 1.26. The molecule has 0 aliphatic rings. The highest BCUT2D eigenvalue weighted by molar-refractivity contribution is 5.47. The fourth-order valence-corrected chi connectivity index (χ4v) is 0.794.